The lowest BCUT2D eigenvalue weighted by Gasteiger charge is -2.06. The van der Waals surface area contributed by atoms with E-state index in [-0.39, 0.29) is 6.03 Å². The summed E-state index contributed by atoms with van der Waals surface area (Å²) in [5.74, 6) is 1.04. The molecule has 0 fully saturated rings. The Morgan fingerprint density at radius 2 is 1.88 bits per heavy atom. The van der Waals surface area contributed by atoms with Crippen LogP contribution in [0.5, 0.6) is 0 Å². The molecule has 3 aromatic rings. The number of carbonyl (C=O) groups is 1. The predicted molar refractivity (Wildman–Crippen MR) is 96.2 cm³/mol. The van der Waals surface area contributed by atoms with Gasteiger partial charge in [0, 0.05) is 29.0 Å². The Labute approximate surface area is 144 Å². The third kappa shape index (κ3) is 4.14. The Morgan fingerprint density at radius 1 is 1.08 bits per heavy atom. The fourth-order valence-corrected chi connectivity index (χ4v) is 2.92. The molecule has 0 saturated carbocycles. The van der Waals surface area contributed by atoms with Gasteiger partial charge in [0.15, 0.2) is 0 Å². The van der Waals surface area contributed by atoms with Crippen molar-refractivity contribution < 1.29 is 4.79 Å². The minimum absolute atomic E-state index is 0.359. The van der Waals surface area contributed by atoms with E-state index >= 15 is 0 Å². The van der Waals surface area contributed by atoms with Gasteiger partial charge in [-0.3, -0.25) is 15.6 Å². The summed E-state index contributed by atoms with van der Waals surface area (Å²) in [6.07, 6.45) is 5.33. The summed E-state index contributed by atoms with van der Waals surface area (Å²) in [5.41, 5.74) is 1.93. The molecular weight excluding hydrogens is 322 g/mol. The van der Waals surface area contributed by atoms with E-state index in [0.29, 0.717) is 11.6 Å². The van der Waals surface area contributed by atoms with Crippen molar-refractivity contribution in [1.29, 1.82) is 0 Å². The van der Waals surface area contributed by atoms with Gasteiger partial charge < -0.3 is 0 Å². The quantitative estimate of drug-likeness (QED) is 0.730. The third-order valence-corrected chi connectivity index (χ3v) is 4.12. The predicted octanol–water partition coefficient (Wildman–Crippen LogP) is 4.20. The summed E-state index contributed by atoms with van der Waals surface area (Å²) < 4.78 is 0. The fraction of sp³-hybridized carbons (Fsp3) is 0.176. The Bertz CT molecular complexity index is 819. The van der Waals surface area contributed by atoms with Crippen molar-refractivity contribution in [3.63, 3.8) is 0 Å². The average Bonchev–Trinajstić information content (AvgIpc) is 3.04. The zero-order chi connectivity index (χ0) is 16.8. The first kappa shape index (κ1) is 16.1. The Hall–Kier alpha value is -2.80. The minimum Gasteiger partial charge on any atom is -0.292 e. The Kier molecular flexibility index (Phi) is 5.12. The van der Waals surface area contributed by atoms with Gasteiger partial charge >= 0.3 is 6.03 Å². The first-order chi connectivity index (χ1) is 11.7. The van der Waals surface area contributed by atoms with Gasteiger partial charge in [-0.25, -0.2) is 14.8 Å². The highest BCUT2D eigenvalue weighted by molar-refractivity contribution is 7.13. The van der Waals surface area contributed by atoms with Crippen LogP contribution in [0, 0.1) is 0 Å². The topological polar surface area (TPSA) is 79.8 Å². The molecule has 0 unspecified atom stereocenters. The van der Waals surface area contributed by atoms with Crippen molar-refractivity contribution in [2.45, 2.75) is 19.8 Å². The lowest BCUT2D eigenvalue weighted by molar-refractivity contribution is 0.262. The Morgan fingerprint density at radius 3 is 2.67 bits per heavy atom. The van der Waals surface area contributed by atoms with Crippen LogP contribution in [0.4, 0.5) is 16.4 Å². The number of carbonyl (C=O) groups excluding carboxylic acids is 1. The van der Waals surface area contributed by atoms with Crippen molar-refractivity contribution in [2.75, 3.05) is 10.6 Å². The van der Waals surface area contributed by atoms with Gasteiger partial charge in [-0.2, -0.15) is 0 Å². The summed E-state index contributed by atoms with van der Waals surface area (Å²) in [7, 11) is 0. The van der Waals surface area contributed by atoms with E-state index in [4.69, 9.17) is 0 Å². The molecule has 0 aliphatic heterocycles. The smallest absolute Gasteiger partial charge is 0.292 e. The normalized spacial score (nSPS) is 10.4. The number of aryl methyl sites for hydroxylation is 1. The van der Waals surface area contributed by atoms with Crippen LogP contribution in [0.25, 0.3) is 10.6 Å². The van der Waals surface area contributed by atoms with E-state index in [2.05, 4.69) is 32.5 Å². The SMILES string of the molecule is CCCc1cccc(NC(=O)Nc2csc(-c3ccncc3)n2)n1. The standard InChI is InChI=1S/C17H17N5OS/c1-2-4-13-5-3-6-14(19-13)21-17(23)22-15-11-24-16(20-15)12-7-9-18-10-8-12/h3,5-11H,2,4H2,1H3,(H2,19,21,22,23). The number of aromatic nitrogens is 3. The molecule has 0 bridgehead atoms. The number of anilines is 2. The van der Waals surface area contributed by atoms with Gasteiger partial charge in [0.2, 0.25) is 0 Å². The summed E-state index contributed by atoms with van der Waals surface area (Å²) >= 11 is 1.46. The van der Waals surface area contributed by atoms with Gasteiger partial charge in [-0.05, 0) is 30.7 Å². The fourth-order valence-electron chi connectivity index (χ4n) is 2.17. The number of rotatable bonds is 5. The van der Waals surface area contributed by atoms with Gasteiger partial charge in [-0.15, -0.1) is 11.3 Å². The van der Waals surface area contributed by atoms with Crippen LogP contribution < -0.4 is 10.6 Å². The van der Waals surface area contributed by atoms with Crippen LogP contribution in [-0.4, -0.2) is 21.0 Å². The average molecular weight is 339 g/mol. The van der Waals surface area contributed by atoms with E-state index in [1.807, 2.05) is 24.3 Å². The van der Waals surface area contributed by atoms with Crippen molar-refractivity contribution in [3.05, 3.63) is 53.8 Å². The molecule has 0 atom stereocenters. The maximum absolute atomic E-state index is 12.1. The number of pyridine rings is 2. The number of nitrogens with zero attached hydrogens (tertiary/aromatic N) is 3. The molecule has 0 radical (unpaired) electrons. The van der Waals surface area contributed by atoms with Crippen LogP contribution in [0.2, 0.25) is 0 Å². The molecule has 3 aromatic heterocycles. The first-order valence-corrected chi connectivity index (χ1v) is 8.52. The van der Waals surface area contributed by atoms with Gasteiger partial charge in [0.05, 0.1) is 0 Å². The lowest BCUT2D eigenvalue weighted by atomic mass is 10.2. The lowest BCUT2D eigenvalue weighted by Crippen LogP contribution is -2.20. The van der Waals surface area contributed by atoms with E-state index in [1.54, 1.807) is 23.8 Å². The third-order valence-electron chi connectivity index (χ3n) is 3.23. The van der Waals surface area contributed by atoms with E-state index in [0.717, 1.165) is 29.1 Å². The Balaban J connectivity index is 1.63. The van der Waals surface area contributed by atoms with E-state index < -0.39 is 0 Å². The molecule has 122 valence electrons. The van der Waals surface area contributed by atoms with E-state index in [9.17, 15) is 4.79 Å². The van der Waals surface area contributed by atoms with Gasteiger partial charge in [0.25, 0.3) is 0 Å². The molecule has 7 heteroatoms. The molecular formula is C17H17N5OS. The molecule has 0 spiro atoms. The van der Waals surface area contributed by atoms with Crippen LogP contribution in [0.3, 0.4) is 0 Å². The van der Waals surface area contributed by atoms with Crippen LogP contribution >= 0.6 is 11.3 Å². The summed E-state index contributed by atoms with van der Waals surface area (Å²) in [4.78, 5) is 24.9. The number of hydrogen-bond acceptors (Lipinski definition) is 5. The summed E-state index contributed by atoms with van der Waals surface area (Å²) in [6, 6.07) is 9.01. The largest absolute Gasteiger partial charge is 0.326 e. The number of thiazole rings is 1. The zero-order valence-corrected chi connectivity index (χ0v) is 14.0. The van der Waals surface area contributed by atoms with Gasteiger partial charge in [-0.1, -0.05) is 19.4 Å². The molecule has 0 aliphatic carbocycles. The molecule has 3 heterocycles. The van der Waals surface area contributed by atoms with Crippen LogP contribution in [-0.2, 0) is 6.42 Å². The number of urea groups is 1. The summed E-state index contributed by atoms with van der Waals surface area (Å²) in [6.45, 7) is 2.09. The first-order valence-electron chi connectivity index (χ1n) is 7.64. The second-order valence-corrected chi connectivity index (χ2v) is 5.98. The van der Waals surface area contributed by atoms with Crippen molar-refractivity contribution in [1.82, 2.24) is 15.0 Å². The molecule has 24 heavy (non-hydrogen) atoms. The highest BCUT2D eigenvalue weighted by atomic mass is 32.1. The number of amides is 2. The molecule has 0 aliphatic rings. The van der Waals surface area contributed by atoms with Gasteiger partial charge in [0.1, 0.15) is 16.6 Å². The van der Waals surface area contributed by atoms with Crippen molar-refractivity contribution in [3.8, 4) is 10.6 Å². The molecule has 2 N–H and O–H groups in total. The number of hydrogen-bond donors (Lipinski definition) is 2. The zero-order valence-electron chi connectivity index (χ0n) is 13.2. The molecule has 0 aromatic carbocycles. The molecule has 0 saturated heterocycles. The van der Waals surface area contributed by atoms with E-state index in [1.165, 1.54) is 11.3 Å². The summed E-state index contributed by atoms with van der Waals surface area (Å²) in [5, 5.41) is 8.09. The molecule has 2 amide bonds. The molecule has 3 rings (SSSR count). The number of nitrogens with one attached hydrogen (secondary N) is 2. The second kappa shape index (κ2) is 7.65. The van der Waals surface area contributed by atoms with Crippen LogP contribution in [0.15, 0.2) is 48.1 Å². The minimum atomic E-state index is -0.359. The maximum Gasteiger partial charge on any atom is 0.326 e. The van der Waals surface area contributed by atoms with Crippen molar-refractivity contribution >= 4 is 29.0 Å². The maximum atomic E-state index is 12.1. The highest BCUT2D eigenvalue weighted by Crippen LogP contribution is 2.25. The van der Waals surface area contributed by atoms with Crippen LogP contribution in [0.1, 0.15) is 19.0 Å². The second-order valence-electron chi connectivity index (χ2n) is 5.12. The monoisotopic (exact) mass is 339 g/mol. The molecule has 6 nitrogen and oxygen atoms in total. The highest BCUT2D eigenvalue weighted by Gasteiger charge is 2.08. The van der Waals surface area contributed by atoms with Crippen molar-refractivity contribution in [2.24, 2.45) is 0 Å².